The van der Waals surface area contributed by atoms with Crippen molar-refractivity contribution in [2.24, 2.45) is 5.92 Å². The van der Waals surface area contributed by atoms with Gasteiger partial charge in [0, 0.05) is 12.8 Å². The average molecular weight is 605 g/mol. The molecule has 248 valence electrons. The van der Waals surface area contributed by atoms with E-state index in [1.54, 1.807) is 0 Å². The largest absolute Gasteiger partial charge is 0.462 e. The fourth-order valence-corrected chi connectivity index (χ4v) is 5.00. The van der Waals surface area contributed by atoms with E-state index in [-0.39, 0.29) is 43.8 Å². The van der Waals surface area contributed by atoms with Crippen molar-refractivity contribution < 1.29 is 28.9 Å². The molecule has 1 rings (SSSR count). The highest BCUT2D eigenvalue weighted by Crippen LogP contribution is 2.30. The molecule has 1 heterocycles. The van der Waals surface area contributed by atoms with Gasteiger partial charge >= 0.3 is 11.9 Å². The third-order valence-electron chi connectivity index (χ3n) is 7.79. The van der Waals surface area contributed by atoms with Gasteiger partial charge in [0.15, 0.2) is 6.10 Å². The summed E-state index contributed by atoms with van der Waals surface area (Å²) < 4.78 is 16.3. The molecule has 1 fully saturated rings. The van der Waals surface area contributed by atoms with Crippen LogP contribution < -0.4 is 0 Å². The van der Waals surface area contributed by atoms with Gasteiger partial charge < -0.3 is 19.3 Å². The van der Waals surface area contributed by atoms with Gasteiger partial charge in [-0.25, -0.2) is 0 Å². The first-order valence-corrected chi connectivity index (χ1v) is 17.5. The first-order valence-electron chi connectivity index (χ1n) is 17.5. The van der Waals surface area contributed by atoms with Crippen molar-refractivity contribution in [3.63, 3.8) is 0 Å². The predicted octanol–water partition coefficient (Wildman–Crippen LogP) is 9.35. The summed E-state index contributed by atoms with van der Waals surface area (Å²) in [7, 11) is 0. The molecule has 0 bridgehead atoms. The van der Waals surface area contributed by atoms with Gasteiger partial charge in [0.05, 0.1) is 18.8 Å². The minimum Gasteiger partial charge on any atom is -0.462 e. The molecule has 3 atom stereocenters. The van der Waals surface area contributed by atoms with Crippen LogP contribution in [-0.2, 0) is 23.8 Å². The van der Waals surface area contributed by atoms with Crippen LogP contribution in [-0.4, -0.2) is 48.6 Å². The van der Waals surface area contributed by atoms with Crippen LogP contribution in [0.25, 0.3) is 0 Å². The fraction of sp³-hybridized carbons (Fsp3) is 0.784. The minimum absolute atomic E-state index is 0.0947. The van der Waals surface area contributed by atoms with Crippen LogP contribution >= 0.6 is 0 Å². The summed E-state index contributed by atoms with van der Waals surface area (Å²) in [5.41, 5.74) is 0. The number of aliphatic hydroxyl groups excluding tert-OH is 1. The summed E-state index contributed by atoms with van der Waals surface area (Å²) in [5.74, 6) is 0.129. The first kappa shape index (κ1) is 39.1. The van der Waals surface area contributed by atoms with Crippen molar-refractivity contribution in [2.75, 3.05) is 13.2 Å². The lowest BCUT2D eigenvalue weighted by Crippen LogP contribution is -2.28. The average Bonchev–Trinajstić information content (AvgIpc) is 3.74. The molecular formula is C37H64O6. The molecule has 43 heavy (non-hydrogen) atoms. The standard InChI is InChI=1S/C37H64O6/c1-4-5-6-7-8-9-10-11-12-16-19-22-26-34-35(43-34)27-24-29-37(40)42-33(30-38)31-41-36(39)28-23-20-17-14-13-15-18-21-25-32(2)3/h8-9,11-12,19,22,32-35,38H,4-7,10,13-18,20-21,23-31H2,1-3H3/b9-8-,12-11-,22-19-/t33-,34?,35?/m0/s1. The highest BCUT2D eigenvalue weighted by molar-refractivity contribution is 5.70. The van der Waals surface area contributed by atoms with E-state index in [4.69, 9.17) is 14.2 Å². The highest BCUT2D eigenvalue weighted by atomic mass is 16.6. The van der Waals surface area contributed by atoms with Crippen molar-refractivity contribution in [3.8, 4) is 0 Å². The molecule has 0 radical (unpaired) electrons. The normalized spacial score (nSPS) is 17.4. The minimum atomic E-state index is -0.807. The van der Waals surface area contributed by atoms with E-state index in [0.29, 0.717) is 12.8 Å². The highest BCUT2D eigenvalue weighted by Gasteiger charge is 2.36. The number of aliphatic hydroxyl groups is 1. The van der Waals surface area contributed by atoms with Crippen LogP contribution in [0.2, 0.25) is 0 Å². The fourth-order valence-electron chi connectivity index (χ4n) is 5.00. The second kappa shape index (κ2) is 27.6. The molecule has 0 aromatic heterocycles. The molecule has 0 amide bonds. The SMILES string of the molecule is CCCCC/C=C\C/C=C\C/C=C\CC1OC1CCCC(=O)O[C@@H](CO)COC(=O)CCCCCCCCCCC(C)C. The number of hydrogen-bond acceptors (Lipinski definition) is 6. The van der Waals surface area contributed by atoms with Crippen molar-refractivity contribution in [1.82, 2.24) is 0 Å². The second-order valence-corrected chi connectivity index (χ2v) is 12.5. The van der Waals surface area contributed by atoms with Gasteiger partial charge in [-0.05, 0) is 57.3 Å². The van der Waals surface area contributed by atoms with Gasteiger partial charge in [0.2, 0.25) is 0 Å². The molecule has 6 heteroatoms. The van der Waals surface area contributed by atoms with E-state index in [1.165, 1.54) is 64.2 Å². The lowest BCUT2D eigenvalue weighted by atomic mass is 10.0. The van der Waals surface area contributed by atoms with Crippen LogP contribution in [0.1, 0.15) is 149 Å². The molecule has 0 spiro atoms. The lowest BCUT2D eigenvalue weighted by Gasteiger charge is -2.15. The van der Waals surface area contributed by atoms with Crippen molar-refractivity contribution in [2.45, 2.75) is 167 Å². The van der Waals surface area contributed by atoms with Crippen LogP contribution in [0.15, 0.2) is 36.5 Å². The molecule has 0 aromatic rings. The Morgan fingerprint density at radius 2 is 1.37 bits per heavy atom. The molecule has 0 saturated carbocycles. The zero-order valence-corrected chi connectivity index (χ0v) is 27.8. The number of esters is 2. The number of epoxide rings is 1. The summed E-state index contributed by atoms with van der Waals surface area (Å²) in [6, 6.07) is 0. The number of ether oxygens (including phenoxy) is 3. The molecular weight excluding hydrogens is 540 g/mol. The number of carbonyl (C=O) groups is 2. The van der Waals surface area contributed by atoms with Gasteiger partial charge in [-0.2, -0.15) is 0 Å². The Morgan fingerprint density at radius 3 is 2.05 bits per heavy atom. The van der Waals surface area contributed by atoms with Gasteiger partial charge in [-0.3, -0.25) is 9.59 Å². The zero-order valence-electron chi connectivity index (χ0n) is 27.8. The molecule has 2 unspecified atom stereocenters. The van der Waals surface area contributed by atoms with E-state index >= 15 is 0 Å². The maximum absolute atomic E-state index is 12.2. The van der Waals surface area contributed by atoms with E-state index in [0.717, 1.165) is 50.9 Å². The maximum Gasteiger partial charge on any atom is 0.306 e. The van der Waals surface area contributed by atoms with Gasteiger partial charge in [-0.15, -0.1) is 0 Å². The predicted molar refractivity (Wildman–Crippen MR) is 177 cm³/mol. The summed E-state index contributed by atoms with van der Waals surface area (Å²) >= 11 is 0. The van der Waals surface area contributed by atoms with Gasteiger partial charge in [0.1, 0.15) is 6.61 Å². The number of allylic oxidation sites excluding steroid dienone is 5. The van der Waals surface area contributed by atoms with E-state index < -0.39 is 6.10 Å². The Balaban J connectivity index is 1.98. The third kappa shape index (κ3) is 25.1. The van der Waals surface area contributed by atoms with E-state index in [1.807, 2.05) is 0 Å². The van der Waals surface area contributed by atoms with Crippen molar-refractivity contribution in [1.29, 1.82) is 0 Å². The molecule has 1 aliphatic rings. The molecule has 0 aliphatic carbocycles. The Hall–Kier alpha value is -1.92. The molecule has 1 saturated heterocycles. The molecule has 1 N–H and O–H groups in total. The molecule has 6 nitrogen and oxygen atoms in total. The maximum atomic E-state index is 12.2. The zero-order chi connectivity index (χ0) is 31.4. The lowest BCUT2D eigenvalue weighted by molar-refractivity contribution is -0.161. The molecule has 1 aliphatic heterocycles. The third-order valence-corrected chi connectivity index (χ3v) is 7.79. The van der Waals surface area contributed by atoms with Gasteiger partial charge in [-0.1, -0.05) is 121 Å². The van der Waals surface area contributed by atoms with Crippen LogP contribution in [0.5, 0.6) is 0 Å². The van der Waals surface area contributed by atoms with Crippen LogP contribution in [0.4, 0.5) is 0 Å². The Bertz CT molecular complexity index is 771. The first-order chi connectivity index (χ1) is 21.0. The topological polar surface area (TPSA) is 85.4 Å². The van der Waals surface area contributed by atoms with Crippen molar-refractivity contribution >= 4 is 11.9 Å². The summed E-state index contributed by atoms with van der Waals surface area (Å²) in [4.78, 5) is 24.2. The van der Waals surface area contributed by atoms with Crippen LogP contribution in [0, 0.1) is 5.92 Å². The quantitative estimate of drug-likeness (QED) is 0.0396. The number of carbonyl (C=O) groups excluding carboxylic acids is 2. The molecule has 0 aromatic carbocycles. The Kier molecular flexibility index (Phi) is 25.1. The second-order valence-electron chi connectivity index (χ2n) is 12.5. The summed E-state index contributed by atoms with van der Waals surface area (Å²) in [6.45, 7) is 6.33. The summed E-state index contributed by atoms with van der Waals surface area (Å²) in [6.07, 6.45) is 33.7. The van der Waals surface area contributed by atoms with Gasteiger partial charge in [0.25, 0.3) is 0 Å². The van der Waals surface area contributed by atoms with E-state index in [9.17, 15) is 14.7 Å². The number of unbranched alkanes of at least 4 members (excludes halogenated alkanes) is 10. The smallest absolute Gasteiger partial charge is 0.306 e. The summed E-state index contributed by atoms with van der Waals surface area (Å²) in [5, 5.41) is 9.53. The van der Waals surface area contributed by atoms with Crippen LogP contribution in [0.3, 0.4) is 0 Å². The Labute approximate surface area is 263 Å². The van der Waals surface area contributed by atoms with Crippen molar-refractivity contribution in [3.05, 3.63) is 36.5 Å². The Morgan fingerprint density at radius 1 is 0.744 bits per heavy atom. The number of rotatable bonds is 29. The van der Waals surface area contributed by atoms with E-state index in [2.05, 4.69) is 57.2 Å². The number of hydrogen-bond donors (Lipinski definition) is 1. The monoisotopic (exact) mass is 604 g/mol.